The van der Waals surface area contributed by atoms with Crippen LogP contribution in [0.3, 0.4) is 0 Å². The van der Waals surface area contributed by atoms with Gasteiger partial charge in [-0.25, -0.2) is 12.8 Å². The number of Topliss-reactive ketones (excluding diaryl/α,β-unsaturated/α-hetero) is 1. The average molecular weight is 340 g/mol. The molecule has 3 rings (SSSR count). The van der Waals surface area contributed by atoms with E-state index in [9.17, 15) is 17.6 Å². The number of carbonyl (C=O) groups excluding carboxylic acids is 1. The summed E-state index contributed by atoms with van der Waals surface area (Å²) >= 11 is 5.77. The minimum Gasteiger partial charge on any atom is -0.294 e. The van der Waals surface area contributed by atoms with Crippen molar-refractivity contribution in [2.24, 2.45) is 0 Å². The van der Waals surface area contributed by atoms with Gasteiger partial charge in [0.05, 0.1) is 16.1 Å². The van der Waals surface area contributed by atoms with Crippen molar-refractivity contribution in [1.82, 2.24) is 0 Å². The second-order valence-electron chi connectivity index (χ2n) is 4.84. The summed E-state index contributed by atoms with van der Waals surface area (Å²) in [6.45, 7) is -0.0136. The second kappa shape index (κ2) is 5.37. The fourth-order valence-electron chi connectivity index (χ4n) is 2.43. The normalized spacial score (nSPS) is 14.8. The molecular formula is C15H11ClFNO3S. The third-order valence-electron chi connectivity index (χ3n) is 3.48. The zero-order chi connectivity index (χ0) is 15.9. The van der Waals surface area contributed by atoms with Gasteiger partial charge in [0.15, 0.2) is 5.78 Å². The lowest BCUT2D eigenvalue weighted by molar-refractivity contribution is 0.0978. The van der Waals surface area contributed by atoms with Crippen LogP contribution in [-0.2, 0) is 10.0 Å². The maximum atomic E-state index is 13.9. The first-order valence-electron chi connectivity index (χ1n) is 6.51. The molecule has 0 N–H and O–H groups in total. The van der Waals surface area contributed by atoms with Crippen molar-refractivity contribution >= 4 is 33.1 Å². The Morgan fingerprint density at radius 3 is 2.45 bits per heavy atom. The molecule has 0 aromatic heterocycles. The quantitative estimate of drug-likeness (QED) is 0.844. The highest BCUT2D eigenvalue weighted by molar-refractivity contribution is 7.92. The number of carbonyl (C=O) groups is 1. The van der Waals surface area contributed by atoms with Crippen LogP contribution in [-0.4, -0.2) is 20.7 Å². The van der Waals surface area contributed by atoms with Gasteiger partial charge in [0.1, 0.15) is 5.82 Å². The monoisotopic (exact) mass is 339 g/mol. The minimum absolute atomic E-state index is 0.0136. The maximum Gasteiger partial charge on any atom is 0.264 e. The molecule has 1 aliphatic rings. The molecule has 0 radical (unpaired) electrons. The van der Waals surface area contributed by atoms with Gasteiger partial charge in [-0.05, 0) is 36.4 Å². The third kappa shape index (κ3) is 2.38. The van der Waals surface area contributed by atoms with Crippen molar-refractivity contribution in [1.29, 1.82) is 0 Å². The van der Waals surface area contributed by atoms with Crippen LogP contribution in [0.2, 0.25) is 5.02 Å². The van der Waals surface area contributed by atoms with E-state index in [0.29, 0.717) is 5.02 Å². The largest absolute Gasteiger partial charge is 0.294 e. The SMILES string of the molecule is O=C1CCN(S(=O)(=O)c2ccc(Cl)cc2)c2cccc(F)c21. The predicted molar refractivity (Wildman–Crippen MR) is 81.3 cm³/mol. The number of nitrogens with zero attached hydrogens (tertiary/aromatic N) is 1. The molecule has 0 unspecified atom stereocenters. The van der Waals surface area contributed by atoms with Crippen molar-refractivity contribution in [3.63, 3.8) is 0 Å². The Morgan fingerprint density at radius 1 is 1.09 bits per heavy atom. The van der Waals surface area contributed by atoms with Crippen LogP contribution >= 0.6 is 11.6 Å². The van der Waals surface area contributed by atoms with E-state index in [0.717, 1.165) is 10.4 Å². The van der Waals surface area contributed by atoms with E-state index in [2.05, 4.69) is 0 Å². The summed E-state index contributed by atoms with van der Waals surface area (Å²) in [6, 6.07) is 9.67. The van der Waals surface area contributed by atoms with Crippen LogP contribution in [0.4, 0.5) is 10.1 Å². The van der Waals surface area contributed by atoms with Crippen molar-refractivity contribution < 1.29 is 17.6 Å². The van der Waals surface area contributed by atoms with Crippen LogP contribution in [0.15, 0.2) is 47.4 Å². The minimum atomic E-state index is -3.88. The summed E-state index contributed by atoms with van der Waals surface area (Å²) in [5, 5.41) is 0.416. The Balaban J connectivity index is 2.14. The number of hydrogen-bond donors (Lipinski definition) is 0. The topological polar surface area (TPSA) is 54.5 Å². The molecule has 0 atom stereocenters. The summed E-state index contributed by atoms with van der Waals surface area (Å²) in [4.78, 5) is 11.9. The number of benzene rings is 2. The number of fused-ring (bicyclic) bond motifs is 1. The van der Waals surface area contributed by atoms with Crippen LogP contribution < -0.4 is 4.31 Å². The molecule has 114 valence electrons. The Bertz CT molecular complexity index is 850. The molecule has 7 heteroatoms. The van der Waals surface area contributed by atoms with Gasteiger partial charge in [0.25, 0.3) is 10.0 Å². The van der Waals surface area contributed by atoms with E-state index in [1.165, 1.54) is 36.4 Å². The first-order valence-corrected chi connectivity index (χ1v) is 8.33. The molecule has 0 saturated carbocycles. The van der Waals surface area contributed by atoms with Gasteiger partial charge in [0.2, 0.25) is 0 Å². The number of sulfonamides is 1. The Kier molecular flexibility index (Phi) is 3.66. The fourth-order valence-corrected chi connectivity index (χ4v) is 4.03. The molecule has 2 aromatic carbocycles. The summed E-state index contributed by atoms with van der Waals surface area (Å²) in [7, 11) is -3.88. The highest BCUT2D eigenvalue weighted by Crippen LogP contribution is 2.33. The van der Waals surface area contributed by atoms with Crippen LogP contribution in [0.5, 0.6) is 0 Å². The van der Waals surface area contributed by atoms with Gasteiger partial charge in [-0.15, -0.1) is 0 Å². The molecule has 1 aliphatic heterocycles. The van der Waals surface area contributed by atoms with Gasteiger partial charge < -0.3 is 0 Å². The summed E-state index contributed by atoms with van der Waals surface area (Å²) in [6.07, 6.45) is -0.0548. The van der Waals surface area contributed by atoms with E-state index < -0.39 is 21.6 Å². The molecule has 0 spiro atoms. The standard InChI is InChI=1S/C15H11ClFNO3S/c16-10-4-6-11(7-5-10)22(20,21)18-9-8-14(19)15-12(17)2-1-3-13(15)18/h1-7H,8-9H2. The van der Waals surface area contributed by atoms with E-state index in [1.54, 1.807) is 0 Å². The molecular weight excluding hydrogens is 329 g/mol. The molecule has 0 aliphatic carbocycles. The van der Waals surface area contributed by atoms with E-state index in [-0.39, 0.29) is 29.1 Å². The van der Waals surface area contributed by atoms with Gasteiger partial charge in [-0.3, -0.25) is 9.10 Å². The summed E-state index contributed by atoms with van der Waals surface area (Å²) in [5.74, 6) is -1.10. The lowest BCUT2D eigenvalue weighted by atomic mass is 10.0. The van der Waals surface area contributed by atoms with Crippen LogP contribution in [0.25, 0.3) is 0 Å². The van der Waals surface area contributed by atoms with Gasteiger partial charge >= 0.3 is 0 Å². The Hall–Kier alpha value is -1.92. The number of anilines is 1. The molecule has 1 heterocycles. The second-order valence-corrected chi connectivity index (χ2v) is 7.14. The number of rotatable bonds is 2. The smallest absolute Gasteiger partial charge is 0.264 e. The molecule has 2 aromatic rings. The van der Waals surface area contributed by atoms with Crippen molar-refractivity contribution in [3.05, 3.63) is 58.9 Å². The zero-order valence-corrected chi connectivity index (χ0v) is 12.9. The van der Waals surface area contributed by atoms with Crippen molar-refractivity contribution in [3.8, 4) is 0 Å². The average Bonchev–Trinajstić information content (AvgIpc) is 2.47. The Labute approximate surface area is 132 Å². The number of ketones is 1. The van der Waals surface area contributed by atoms with Gasteiger partial charge in [0, 0.05) is 18.0 Å². The highest BCUT2D eigenvalue weighted by Gasteiger charge is 2.33. The maximum absolute atomic E-state index is 13.9. The summed E-state index contributed by atoms with van der Waals surface area (Å²) < 4.78 is 40.4. The molecule has 0 bridgehead atoms. The van der Waals surface area contributed by atoms with Gasteiger partial charge in [-0.1, -0.05) is 17.7 Å². The number of hydrogen-bond acceptors (Lipinski definition) is 3. The van der Waals surface area contributed by atoms with E-state index in [4.69, 9.17) is 11.6 Å². The summed E-state index contributed by atoms with van der Waals surface area (Å²) in [5.41, 5.74) is -0.0995. The molecule has 4 nitrogen and oxygen atoms in total. The zero-order valence-electron chi connectivity index (χ0n) is 11.3. The van der Waals surface area contributed by atoms with Gasteiger partial charge in [-0.2, -0.15) is 0 Å². The molecule has 22 heavy (non-hydrogen) atoms. The van der Waals surface area contributed by atoms with Crippen molar-refractivity contribution in [2.75, 3.05) is 10.8 Å². The van der Waals surface area contributed by atoms with Crippen molar-refractivity contribution in [2.45, 2.75) is 11.3 Å². The number of halogens is 2. The highest BCUT2D eigenvalue weighted by atomic mass is 35.5. The lowest BCUT2D eigenvalue weighted by Gasteiger charge is -2.29. The van der Waals surface area contributed by atoms with E-state index in [1.807, 2.05) is 0 Å². The Morgan fingerprint density at radius 2 is 1.77 bits per heavy atom. The van der Waals surface area contributed by atoms with E-state index >= 15 is 0 Å². The lowest BCUT2D eigenvalue weighted by Crippen LogP contribution is -2.37. The predicted octanol–water partition coefficient (Wildman–Crippen LogP) is 3.26. The fraction of sp³-hybridized carbons (Fsp3) is 0.133. The molecule has 0 fully saturated rings. The first kappa shape index (κ1) is 15.0. The molecule has 0 amide bonds. The first-order chi connectivity index (χ1) is 10.4. The third-order valence-corrected chi connectivity index (χ3v) is 5.56. The molecule has 0 saturated heterocycles. The van der Waals surface area contributed by atoms with Crippen LogP contribution in [0, 0.1) is 5.82 Å². The van der Waals surface area contributed by atoms with Crippen LogP contribution in [0.1, 0.15) is 16.8 Å².